The fourth-order valence-electron chi connectivity index (χ4n) is 3.95. The Hall–Kier alpha value is -4.22. The number of nitrogens with one attached hydrogen (secondary N) is 2. The van der Waals surface area contributed by atoms with Crippen molar-refractivity contribution >= 4 is 29.5 Å². The predicted molar refractivity (Wildman–Crippen MR) is 112 cm³/mol. The van der Waals surface area contributed by atoms with Crippen molar-refractivity contribution < 1.29 is 41.9 Å². The normalized spacial score (nSPS) is 19.9. The Balaban J connectivity index is 1.45. The smallest absolute Gasteiger partial charge is 0.406 e. The molecule has 0 spiro atoms. The largest absolute Gasteiger partial charge is 0.573 e. The number of amides is 5. The van der Waals surface area contributed by atoms with Crippen LogP contribution in [0.3, 0.4) is 0 Å². The fourth-order valence-corrected chi connectivity index (χ4v) is 3.95. The zero-order valence-corrected chi connectivity index (χ0v) is 18.2. The number of benzene rings is 2. The molecule has 2 aliphatic rings. The van der Waals surface area contributed by atoms with Gasteiger partial charge >= 0.3 is 6.36 Å². The molecule has 2 N–H and O–H groups in total. The van der Waals surface area contributed by atoms with Crippen LogP contribution in [0.25, 0.3) is 0 Å². The summed E-state index contributed by atoms with van der Waals surface area (Å²) in [5.41, 5.74) is -0.802. The Labute approximate surface area is 196 Å². The van der Waals surface area contributed by atoms with E-state index in [-0.39, 0.29) is 36.1 Å². The number of piperidine rings is 1. The lowest BCUT2D eigenvalue weighted by Crippen LogP contribution is -2.62. The topological polar surface area (TPSA) is 122 Å². The molecule has 5 amide bonds. The van der Waals surface area contributed by atoms with E-state index >= 15 is 0 Å². The van der Waals surface area contributed by atoms with Crippen molar-refractivity contribution in [2.45, 2.75) is 38.2 Å². The Morgan fingerprint density at radius 2 is 1.71 bits per heavy atom. The number of carbonyl (C=O) groups is 5. The number of hydrogen-bond donors (Lipinski definition) is 2. The van der Waals surface area contributed by atoms with Crippen LogP contribution in [0.2, 0.25) is 0 Å². The molecule has 0 bridgehead atoms. The van der Waals surface area contributed by atoms with Crippen LogP contribution in [0.15, 0.2) is 42.5 Å². The Morgan fingerprint density at radius 1 is 1.06 bits per heavy atom. The van der Waals surface area contributed by atoms with Crippen LogP contribution in [-0.2, 0) is 16.1 Å². The van der Waals surface area contributed by atoms with Crippen LogP contribution in [-0.4, -0.2) is 46.3 Å². The number of halogens is 3. The maximum atomic E-state index is 13.0. The van der Waals surface area contributed by atoms with E-state index in [1.807, 2.05) is 0 Å². The Kier molecular flexibility index (Phi) is 5.83. The number of fused-ring (bicyclic) bond motifs is 1. The first-order valence-electron chi connectivity index (χ1n) is 10.4. The molecule has 182 valence electrons. The van der Waals surface area contributed by atoms with Crippen molar-refractivity contribution in [3.63, 3.8) is 0 Å². The van der Waals surface area contributed by atoms with E-state index < -0.39 is 47.2 Å². The highest BCUT2D eigenvalue weighted by atomic mass is 19.4. The molecular formula is C23H18F3N3O6. The molecule has 2 aliphatic heterocycles. The van der Waals surface area contributed by atoms with Gasteiger partial charge in [-0.25, -0.2) is 0 Å². The summed E-state index contributed by atoms with van der Waals surface area (Å²) in [6.07, 6.45) is -4.86. The van der Waals surface area contributed by atoms with Gasteiger partial charge in [-0.2, -0.15) is 0 Å². The van der Waals surface area contributed by atoms with Crippen molar-refractivity contribution in [2.75, 3.05) is 0 Å². The van der Waals surface area contributed by atoms with Crippen LogP contribution < -0.4 is 15.4 Å². The quantitative estimate of drug-likeness (QED) is 0.622. The molecule has 4 rings (SSSR count). The molecule has 0 radical (unpaired) electrons. The fraction of sp³-hybridized carbons (Fsp3) is 0.261. The lowest BCUT2D eigenvalue weighted by Gasteiger charge is -2.38. The lowest BCUT2D eigenvalue weighted by atomic mass is 9.89. The molecule has 2 heterocycles. The summed E-state index contributed by atoms with van der Waals surface area (Å²) in [5, 5.41) is 4.73. The molecule has 0 aromatic heterocycles. The van der Waals surface area contributed by atoms with E-state index in [1.165, 1.54) is 37.3 Å². The number of rotatable bonds is 5. The minimum atomic E-state index is -4.85. The number of carbonyl (C=O) groups excluding carboxylic acids is 5. The van der Waals surface area contributed by atoms with Crippen molar-refractivity contribution in [2.24, 2.45) is 0 Å². The van der Waals surface area contributed by atoms with E-state index in [0.29, 0.717) is 5.56 Å². The van der Waals surface area contributed by atoms with Crippen molar-refractivity contribution in [3.8, 4) is 5.75 Å². The first-order valence-corrected chi connectivity index (χ1v) is 10.4. The molecular weight excluding hydrogens is 471 g/mol. The molecule has 1 saturated heterocycles. The highest BCUT2D eigenvalue weighted by Crippen LogP contribution is 2.34. The average molecular weight is 489 g/mol. The van der Waals surface area contributed by atoms with Gasteiger partial charge in [0, 0.05) is 18.5 Å². The third kappa shape index (κ3) is 4.59. The maximum Gasteiger partial charge on any atom is 0.573 e. The second kappa shape index (κ2) is 8.53. The SMILES string of the molecule is CC1(N2C(=O)c3ccc(CNC(=O)c4ccc(OC(F)(F)F)cc4)cc3C2=O)CCC(=O)NC1=O. The highest BCUT2D eigenvalue weighted by molar-refractivity contribution is 6.24. The van der Waals surface area contributed by atoms with Gasteiger partial charge in [-0.3, -0.25) is 34.2 Å². The summed E-state index contributed by atoms with van der Waals surface area (Å²) in [6, 6.07) is 8.71. The van der Waals surface area contributed by atoms with Crippen molar-refractivity contribution in [3.05, 3.63) is 64.7 Å². The minimum absolute atomic E-state index is 0.00114. The second-order valence-corrected chi connectivity index (χ2v) is 8.23. The van der Waals surface area contributed by atoms with Gasteiger partial charge in [0.25, 0.3) is 23.6 Å². The minimum Gasteiger partial charge on any atom is -0.406 e. The molecule has 9 nitrogen and oxygen atoms in total. The monoisotopic (exact) mass is 489 g/mol. The summed E-state index contributed by atoms with van der Waals surface area (Å²) in [4.78, 5) is 63.1. The molecule has 1 unspecified atom stereocenters. The Bertz CT molecular complexity index is 1260. The van der Waals surface area contributed by atoms with Gasteiger partial charge in [-0.05, 0) is 55.3 Å². The first kappa shape index (κ1) is 23.9. The number of ether oxygens (including phenoxy) is 1. The maximum absolute atomic E-state index is 13.0. The highest BCUT2D eigenvalue weighted by Gasteiger charge is 2.52. The molecule has 0 saturated carbocycles. The van der Waals surface area contributed by atoms with E-state index in [2.05, 4.69) is 15.4 Å². The molecule has 1 fully saturated rings. The first-order chi connectivity index (χ1) is 16.4. The van der Waals surface area contributed by atoms with Crippen LogP contribution >= 0.6 is 0 Å². The predicted octanol–water partition coefficient (Wildman–Crippen LogP) is 2.31. The van der Waals surface area contributed by atoms with Crippen LogP contribution in [0.4, 0.5) is 13.2 Å². The molecule has 12 heteroatoms. The van der Waals surface area contributed by atoms with Gasteiger partial charge in [0.1, 0.15) is 11.3 Å². The Morgan fingerprint density at radius 3 is 2.34 bits per heavy atom. The number of hydrogen-bond acceptors (Lipinski definition) is 6. The van der Waals surface area contributed by atoms with E-state index in [9.17, 15) is 37.1 Å². The molecule has 2 aromatic carbocycles. The van der Waals surface area contributed by atoms with E-state index in [1.54, 1.807) is 0 Å². The van der Waals surface area contributed by atoms with Crippen LogP contribution in [0.5, 0.6) is 5.75 Å². The molecule has 2 aromatic rings. The van der Waals surface area contributed by atoms with Gasteiger partial charge in [0.15, 0.2) is 0 Å². The summed E-state index contributed by atoms with van der Waals surface area (Å²) >= 11 is 0. The van der Waals surface area contributed by atoms with E-state index in [4.69, 9.17) is 0 Å². The van der Waals surface area contributed by atoms with Gasteiger partial charge in [0.05, 0.1) is 11.1 Å². The van der Waals surface area contributed by atoms with Gasteiger partial charge in [0.2, 0.25) is 5.91 Å². The molecule has 35 heavy (non-hydrogen) atoms. The zero-order valence-electron chi connectivity index (χ0n) is 18.2. The second-order valence-electron chi connectivity index (χ2n) is 8.23. The summed E-state index contributed by atoms with van der Waals surface area (Å²) in [5.74, 6) is -3.61. The average Bonchev–Trinajstić information content (AvgIpc) is 3.04. The summed E-state index contributed by atoms with van der Waals surface area (Å²) in [7, 11) is 0. The number of alkyl halides is 3. The number of nitrogens with zero attached hydrogens (tertiary/aromatic N) is 1. The standard InChI is InChI=1S/C23H18F3N3O6/c1-22(9-8-17(30)28-21(22)34)29-19(32)15-7-2-12(10-16(15)20(29)33)11-27-18(31)13-3-5-14(6-4-13)35-23(24,25)26/h2-7,10H,8-9,11H2,1H3,(H,27,31)(H,28,30,34). The molecule has 1 atom stereocenters. The third-order valence-electron chi connectivity index (χ3n) is 5.83. The van der Waals surface area contributed by atoms with Crippen molar-refractivity contribution in [1.82, 2.24) is 15.5 Å². The van der Waals surface area contributed by atoms with E-state index in [0.717, 1.165) is 17.0 Å². The van der Waals surface area contributed by atoms with Crippen LogP contribution in [0.1, 0.15) is 56.4 Å². The van der Waals surface area contributed by atoms with Gasteiger partial charge in [-0.15, -0.1) is 13.2 Å². The third-order valence-corrected chi connectivity index (χ3v) is 5.83. The van der Waals surface area contributed by atoms with Gasteiger partial charge in [-0.1, -0.05) is 6.07 Å². The lowest BCUT2D eigenvalue weighted by molar-refractivity contribution is -0.274. The van der Waals surface area contributed by atoms with Gasteiger partial charge < -0.3 is 10.1 Å². The summed E-state index contributed by atoms with van der Waals surface area (Å²) in [6.45, 7) is 1.38. The zero-order chi connectivity index (χ0) is 25.5. The van der Waals surface area contributed by atoms with Crippen molar-refractivity contribution in [1.29, 1.82) is 0 Å². The summed E-state index contributed by atoms with van der Waals surface area (Å²) < 4.78 is 40.5. The number of imide groups is 2. The van der Waals surface area contributed by atoms with Crippen LogP contribution in [0, 0.1) is 0 Å². The molecule has 0 aliphatic carbocycles.